The normalized spacial score (nSPS) is 12.1. The van der Waals surface area contributed by atoms with Gasteiger partial charge in [0.05, 0.1) is 30.8 Å². The van der Waals surface area contributed by atoms with Crippen molar-refractivity contribution in [1.82, 2.24) is 29.9 Å². The molecule has 0 saturated heterocycles. The third kappa shape index (κ3) is 33.5. The van der Waals surface area contributed by atoms with Crippen molar-refractivity contribution in [3.8, 4) is 0 Å². The van der Waals surface area contributed by atoms with Gasteiger partial charge in [-0.1, -0.05) is 0 Å². The minimum Gasteiger partial charge on any atom is -0.396 e. The summed E-state index contributed by atoms with van der Waals surface area (Å²) in [5.74, 6) is 6.44. The summed E-state index contributed by atoms with van der Waals surface area (Å²) in [4.78, 5) is 36.3. The molecule has 0 saturated carbocycles. The van der Waals surface area contributed by atoms with Crippen LogP contribution in [-0.4, -0.2) is 268 Å². The number of hydrogen-bond acceptors (Lipinski definition) is 30. The van der Waals surface area contributed by atoms with Gasteiger partial charge < -0.3 is 99.5 Å². The van der Waals surface area contributed by atoms with Crippen LogP contribution in [0.25, 0.3) is 0 Å². The minimum atomic E-state index is -2.73. The van der Waals surface area contributed by atoms with Crippen molar-refractivity contribution in [1.29, 1.82) is 0 Å². The topological polar surface area (TPSA) is 313 Å². The molecule has 89 heavy (non-hydrogen) atoms. The minimum absolute atomic E-state index is 0.0332. The molecule has 33 heteroatoms. The third-order valence-corrected chi connectivity index (χ3v) is 25.7. The average molecular weight is 1380 g/mol. The number of thioether (sulfide) groups is 3. The molecule has 0 aromatic carbocycles. The Morgan fingerprint density at radius 3 is 0.865 bits per heavy atom. The highest BCUT2D eigenvalue weighted by Crippen LogP contribution is 2.30. The fraction of sp³-hybridized carbons (Fsp3) is 0.893. The van der Waals surface area contributed by atoms with E-state index in [0.29, 0.717) is 158 Å². The van der Waals surface area contributed by atoms with Gasteiger partial charge in [-0.15, -0.1) is 35.3 Å². The predicted octanol–water partition coefficient (Wildman–Crippen LogP) is 6.27. The first-order valence-electron chi connectivity index (χ1n) is 31.9. The highest BCUT2D eigenvalue weighted by atomic mass is 32.2. The average Bonchev–Trinajstić information content (AvgIpc) is 3.33. The molecule has 2 heterocycles. The second-order valence-electron chi connectivity index (χ2n) is 19.6. The van der Waals surface area contributed by atoms with Crippen molar-refractivity contribution in [2.75, 3.05) is 201 Å². The van der Waals surface area contributed by atoms with E-state index in [4.69, 9.17) is 74.2 Å². The zero-order chi connectivity index (χ0) is 66.0. The number of likely N-dealkylation sites (N-methyl/N-ethyl adjacent to an activating group) is 1. The first-order valence-corrected chi connectivity index (χ1v) is 41.2. The molecular formula is C56H116N10O17S3Si3. The van der Waals surface area contributed by atoms with Gasteiger partial charge in [0.2, 0.25) is 23.8 Å². The molecular weight excluding hydrogens is 1270 g/mol. The van der Waals surface area contributed by atoms with Crippen molar-refractivity contribution >= 4 is 85.5 Å². The largest absolute Gasteiger partial charge is 0.500 e. The van der Waals surface area contributed by atoms with Gasteiger partial charge in [0, 0.05) is 150 Å². The van der Waals surface area contributed by atoms with E-state index in [9.17, 15) is 30.6 Å². The van der Waals surface area contributed by atoms with Gasteiger partial charge in [0.25, 0.3) is 0 Å². The zero-order valence-electron chi connectivity index (χ0n) is 56.0. The summed E-state index contributed by atoms with van der Waals surface area (Å²) in [5.41, 5.74) is 0. The van der Waals surface area contributed by atoms with E-state index in [1.807, 2.05) is 88.8 Å². The molecule has 0 aliphatic carbocycles. The van der Waals surface area contributed by atoms with Crippen molar-refractivity contribution in [2.24, 2.45) is 0 Å². The molecule has 0 spiro atoms. The van der Waals surface area contributed by atoms with Gasteiger partial charge in [-0.25, -0.2) is 0 Å². The van der Waals surface area contributed by atoms with Crippen LogP contribution in [0.1, 0.15) is 138 Å². The number of aromatic nitrogens is 6. The first kappa shape index (κ1) is 85.3. The molecule has 522 valence electrons. The number of methoxy groups -OCH3 is 2. The van der Waals surface area contributed by atoms with Crippen LogP contribution in [0.2, 0.25) is 18.1 Å². The lowest BCUT2D eigenvalue weighted by Crippen LogP contribution is -2.46. The lowest BCUT2D eigenvalue weighted by molar-refractivity contribution is 0.0704. The van der Waals surface area contributed by atoms with E-state index in [1.54, 1.807) is 49.5 Å². The Labute approximate surface area is 549 Å². The first-order chi connectivity index (χ1) is 43.3. The number of anilines is 4. The summed E-state index contributed by atoms with van der Waals surface area (Å²) in [6, 6.07) is 2.19. The predicted molar refractivity (Wildman–Crippen MR) is 362 cm³/mol. The lowest BCUT2D eigenvalue weighted by atomic mass is 10.0. The van der Waals surface area contributed by atoms with E-state index in [2.05, 4.69) is 4.98 Å². The monoisotopic (exact) mass is 1380 g/mol. The molecule has 6 N–H and O–H groups in total. The van der Waals surface area contributed by atoms with E-state index >= 15 is 0 Å². The number of hydrogen-bond donors (Lipinski definition) is 6. The number of aliphatic hydroxyl groups is 6. The third-order valence-electron chi connectivity index (χ3n) is 13.1. The van der Waals surface area contributed by atoms with Crippen LogP contribution in [-0.2, 0) is 49.3 Å². The second kappa shape index (κ2) is 53.5. The summed E-state index contributed by atoms with van der Waals surface area (Å²) >= 11 is 5.14. The van der Waals surface area contributed by atoms with Crippen molar-refractivity contribution in [3.05, 3.63) is 11.6 Å². The van der Waals surface area contributed by atoms with E-state index in [-0.39, 0.29) is 64.9 Å². The van der Waals surface area contributed by atoms with Crippen LogP contribution in [0, 0.1) is 0 Å². The van der Waals surface area contributed by atoms with Gasteiger partial charge in [-0.3, -0.25) is 0 Å². The Morgan fingerprint density at radius 2 is 0.618 bits per heavy atom. The van der Waals surface area contributed by atoms with Gasteiger partial charge >= 0.3 is 26.4 Å². The molecule has 27 nitrogen and oxygen atoms in total. The van der Waals surface area contributed by atoms with E-state index < -0.39 is 26.4 Å². The molecule has 0 aliphatic rings. The van der Waals surface area contributed by atoms with Crippen LogP contribution >= 0.6 is 35.3 Å². The van der Waals surface area contributed by atoms with Crippen molar-refractivity contribution in [3.63, 3.8) is 0 Å². The number of rotatable bonds is 59. The Morgan fingerprint density at radius 1 is 0.360 bits per heavy atom. The van der Waals surface area contributed by atoms with Crippen LogP contribution in [0.4, 0.5) is 23.8 Å². The standard InChI is InChI=1S/C32H67N5O10S2Si2.C24H49N5O7SSi/c1-8-42-50(43-9-2,44-10-3)24-14-22-48-27-36(18-21-40)31-33-30(29(16-19-38)17-20-39)34-32(35-31)37(26-41-7)28-49-23-15-25-51(45-11-4,46-12-5)47-13-6;1-6-28(13-16-32)23-25-22(21(11-14-30)12-15-31)26-24(27-23)29(19-33-5)20-37-17-10-18-38(34-7-2,35-8-3)36-9-4/h29,38-40H,8-28H2,1-7H3;21,30-32H,6-20H2,1-5H3. The molecule has 0 aliphatic heterocycles. The van der Waals surface area contributed by atoms with Gasteiger partial charge in [-0.05, 0) is 131 Å². The molecule has 0 atom stereocenters. The Kier molecular flexibility index (Phi) is 51.2. The molecule has 0 unspecified atom stereocenters. The quantitative estimate of drug-likeness (QED) is 0.0242. The summed E-state index contributed by atoms with van der Waals surface area (Å²) in [7, 11) is -4.88. The Balaban J connectivity index is 0.000000929. The molecule has 0 fully saturated rings. The van der Waals surface area contributed by atoms with Crippen LogP contribution < -0.4 is 19.6 Å². The maximum Gasteiger partial charge on any atom is 0.500 e. The van der Waals surface area contributed by atoms with Crippen LogP contribution in [0.15, 0.2) is 0 Å². The lowest BCUT2D eigenvalue weighted by Gasteiger charge is -2.29. The summed E-state index contributed by atoms with van der Waals surface area (Å²) < 4.78 is 65.0. The Bertz CT molecular complexity index is 1890. The van der Waals surface area contributed by atoms with Crippen LogP contribution in [0.5, 0.6) is 0 Å². The summed E-state index contributed by atoms with van der Waals surface area (Å²) in [5, 5.41) is 58.3. The number of ether oxygens (including phenoxy) is 2. The van der Waals surface area contributed by atoms with Gasteiger partial charge in [0.1, 0.15) is 25.1 Å². The van der Waals surface area contributed by atoms with Gasteiger partial charge in [-0.2, -0.15) is 29.9 Å². The fourth-order valence-electron chi connectivity index (χ4n) is 9.28. The molecule has 2 aromatic rings. The summed E-state index contributed by atoms with van der Waals surface area (Å²) in [6.07, 6.45) is 4.22. The smallest absolute Gasteiger partial charge is 0.396 e. The van der Waals surface area contributed by atoms with Crippen molar-refractivity contribution < 1.29 is 79.9 Å². The molecule has 0 bridgehead atoms. The zero-order valence-corrected chi connectivity index (χ0v) is 61.4. The Hall–Kier alpha value is -1.76. The SMILES string of the molecule is CCO[Si](CCCSCN(CCO)c1nc(C(CCO)CCO)nc(N(COC)CSCCC[Si](OCC)(OCC)OCC)n1)(OCC)OCC.CCO[Si](CCCSCN(COC)c1nc(C(CCO)CCO)nc(N(CC)CCO)n1)(OCC)OCC. The highest BCUT2D eigenvalue weighted by Gasteiger charge is 2.42. The molecule has 0 amide bonds. The number of aliphatic hydroxyl groups excluding tert-OH is 6. The van der Waals surface area contributed by atoms with Crippen molar-refractivity contribution in [2.45, 2.75) is 144 Å². The molecule has 2 rings (SSSR count). The molecule has 2 aromatic heterocycles. The van der Waals surface area contributed by atoms with E-state index in [0.717, 1.165) is 54.7 Å². The van der Waals surface area contributed by atoms with Crippen LogP contribution in [0.3, 0.4) is 0 Å². The van der Waals surface area contributed by atoms with E-state index in [1.165, 1.54) is 0 Å². The highest BCUT2D eigenvalue weighted by molar-refractivity contribution is 7.99. The number of nitrogens with zero attached hydrogens (tertiary/aromatic N) is 10. The molecule has 0 radical (unpaired) electrons. The maximum atomic E-state index is 10.0. The summed E-state index contributed by atoms with van der Waals surface area (Å²) in [6.45, 7) is 26.0. The van der Waals surface area contributed by atoms with Gasteiger partial charge in [0.15, 0.2) is 0 Å². The second-order valence-corrected chi connectivity index (χ2v) is 31.0. The fourth-order valence-corrected chi connectivity index (χ4v) is 20.6. The maximum absolute atomic E-state index is 10.0.